The molecular weight excluding hydrogens is 231 g/mol. The summed E-state index contributed by atoms with van der Waals surface area (Å²) in [4.78, 5) is 3.91. The first kappa shape index (κ1) is 15.1. The van der Waals surface area contributed by atoms with E-state index in [1.54, 1.807) is 19.4 Å². The average molecular weight is 254 g/mol. The SMILES string of the molecule is CCNC(CCC(C)(C)OC)c1cncc(F)c1. The third-order valence-corrected chi connectivity index (χ3v) is 3.17. The Labute approximate surface area is 109 Å². The van der Waals surface area contributed by atoms with Gasteiger partial charge in [-0.25, -0.2) is 4.39 Å². The van der Waals surface area contributed by atoms with Crippen molar-refractivity contribution >= 4 is 0 Å². The maximum atomic E-state index is 13.2. The highest BCUT2D eigenvalue weighted by Crippen LogP contribution is 2.24. The topological polar surface area (TPSA) is 34.1 Å². The van der Waals surface area contributed by atoms with Gasteiger partial charge in [0.05, 0.1) is 11.8 Å². The average Bonchev–Trinajstić information content (AvgIpc) is 2.34. The quantitative estimate of drug-likeness (QED) is 0.812. The molecule has 0 bridgehead atoms. The second-order valence-corrected chi connectivity index (χ2v) is 5.05. The van der Waals surface area contributed by atoms with Crippen molar-refractivity contribution in [2.75, 3.05) is 13.7 Å². The van der Waals surface area contributed by atoms with Gasteiger partial charge in [-0.3, -0.25) is 4.98 Å². The molecule has 3 nitrogen and oxygen atoms in total. The summed E-state index contributed by atoms with van der Waals surface area (Å²) < 4.78 is 18.6. The maximum absolute atomic E-state index is 13.2. The van der Waals surface area contributed by atoms with Gasteiger partial charge in [-0.05, 0) is 44.9 Å². The fraction of sp³-hybridized carbons (Fsp3) is 0.643. The van der Waals surface area contributed by atoms with Gasteiger partial charge in [0, 0.05) is 19.3 Å². The number of hydrogen-bond acceptors (Lipinski definition) is 3. The lowest BCUT2D eigenvalue weighted by Gasteiger charge is -2.26. The fourth-order valence-corrected chi connectivity index (χ4v) is 1.85. The van der Waals surface area contributed by atoms with E-state index in [0.29, 0.717) is 0 Å². The van der Waals surface area contributed by atoms with Crippen molar-refractivity contribution in [2.45, 2.75) is 45.3 Å². The molecular formula is C14H23FN2O. The summed E-state index contributed by atoms with van der Waals surface area (Å²) in [6.07, 6.45) is 4.74. The molecule has 0 saturated heterocycles. The van der Waals surface area contributed by atoms with Gasteiger partial charge in [-0.2, -0.15) is 0 Å². The summed E-state index contributed by atoms with van der Waals surface area (Å²) >= 11 is 0. The summed E-state index contributed by atoms with van der Waals surface area (Å²) in [6.45, 7) is 7.00. The number of nitrogens with one attached hydrogen (secondary N) is 1. The molecule has 1 aromatic rings. The van der Waals surface area contributed by atoms with Crippen LogP contribution in [0.2, 0.25) is 0 Å². The zero-order chi connectivity index (χ0) is 13.6. The Hall–Kier alpha value is -1.00. The van der Waals surface area contributed by atoms with E-state index in [-0.39, 0.29) is 17.5 Å². The highest BCUT2D eigenvalue weighted by Gasteiger charge is 2.20. The Morgan fingerprint density at radius 3 is 2.72 bits per heavy atom. The first-order valence-corrected chi connectivity index (χ1v) is 6.37. The van der Waals surface area contributed by atoms with Crippen LogP contribution in [0.15, 0.2) is 18.5 Å². The standard InChI is InChI=1S/C14H23FN2O/c1-5-17-13(6-7-14(2,3)18-4)11-8-12(15)10-16-9-11/h8-10,13,17H,5-7H2,1-4H3. The van der Waals surface area contributed by atoms with Gasteiger partial charge in [0.2, 0.25) is 0 Å². The lowest BCUT2D eigenvalue weighted by molar-refractivity contribution is 0.0117. The number of methoxy groups -OCH3 is 1. The molecule has 0 aliphatic rings. The molecule has 1 N–H and O–H groups in total. The van der Waals surface area contributed by atoms with E-state index < -0.39 is 0 Å². The smallest absolute Gasteiger partial charge is 0.141 e. The lowest BCUT2D eigenvalue weighted by atomic mass is 9.95. The van der Waals surface area contributed by atoms with Crippen molar-refractivity contribution in [1.82, 2.24) is 10.3 Å². The van der Waals surface area contributed by atoms with Gasteiger partial charge < -0.3 is 10.1 Å². The second kappa shape index (κ2) is 6.81. The Bertz CT molecular complexity index is 369. The van der Waals surface area contributed by atoms with Crippen molar-refractivity contribution in [2.24, 2.45) is 0 Å². The van der Waals surface area contributed by atoms with Crippen molar-refractivity contribution in [3.63, 3.8) is 0 Å². The summed E-state index contributed by atoms with van der Waals surface area (Å²) in [5.74, 6) is -0.290. The number of pyridine rings is 1. The molecule has 1 rings (SSSR count). The first-order chi connectivity index (χ1) is 8.48. The van der Waals surface area contributed by atoms with Crippen LogP contribution in [0.4, 0.5) is 4.39 Å². The number of ether oxygens (including phenoxy) is 1. The van der Waals surface area contributed by atoms with Crippen LogP contribution in [0.5, 0.6) is 0 Å². The predicted molar refractivity (Wildman–Crippen MR) is 70.9 cm³/mol. The van der Waals surface area contributed by atoms with E-state index in [9.17, 15) is 4.39 Å². The van der Waals surface area contributed by atoms with E-state index in [4.69, 9.17) is 4.74 Å². The Balaban J connectivity index is 2.71. The fourth-order valence-electron chi connectivity index (χ4n) is 1.85. The van der Waals surface area contributed by atoms with E-state index in [0.717, 1.165) is 24.9 Å². The van der Waals surface area contributed by atoms with Crippen molar-refractivity contribution in [3.05, 3.63) is 29.8 Å². The number of halogens is 1. The van der Waals surface area contributed by atoms with E-state index >= 15 is 0 Å². The molecule has 18 heavy (non-hydrogen) atoms. The highest BCUT2D eigenvalue weighted by atomic mass is 19.1. The summed E-state index contributed by atoms with van der Waals surface area (Å²) in [6, 6.07) is 1.66. The summed E-state index contributed by atoms with van der Waals surface area (Å²) in [5, 5.41) is 3.36. The molecule has 0 aliphatic heterocycles. The predicted octanol–water partition coefficient (Wildman–Crippen LogP) is 3.08. The van der Waals surface area contributed by atoms with Crippen LogP contribution in [0.25, 0.3) is 0 Å². The molecule has 1 heterocycles. The third kappa shape index (κ3) is 4.70. The molecule has 0 aliphatic carbocycles. The monoisotopic (exact) mass is 254 g/mol. The van der Waals surface area contributed by atoms with Gasteiger partial charge in [0.15, 0.2) is 0 Å². The van der Waals surface area contributed by atoms with Crippen LogP contribution in [0, 0.1) is 5.82 Å². The van der Waals surface area contributed by atoms with Gasteiger partial charge in [0.25, 0.3) is 0 Å². The summed E-state index contributed by atoms with van der Waals surface area (Å²) in [5.41, 5.74) is 0.734. The lowest BCUT2D eigenvalue weighted by Crippen LogP contribution is -2.27. The highest BCUT2D eigenvalue weighted by molar-refractivity contribution is 5.15. The molecule has 0 spiro atoms. The Morgan fingerprint density at radius 1 is 1.44 bits per heavy atom. The van der Waals surface area contributed by atoms with Gasteiger partial charge >= 0.3 is 0 Å². The van der Waals surface area contributed by atoms with Gasteiger partial charge in [-0.15, -0.1) is 0 Å². The molecule has 4 heteroatoms. The molecule has 1 unspecified atom stereocenters. The summed E-state index contributed by atoms with van der Waals surface area (Å²) in [7, 11) is 1.71. The zero-order valence-corrected chi connectivity index (χ0v) is 11.7. The molecule has 0 fully saturated rings. The van der Waals surface area contributed by atoms with Crippen LogP contribution in [-0.4, -0.2) is 24.2 Å². The van der Waals surface area contributed by atoms with Gasteiger partial charge in [0.1, 0.15) is 5.82 Å². The van der Waals surface area contributed by atoms with E-state index in [1.807, 2.05) is 6.92 Å². The maximum Gasteiger partial charge on any atom is 0.141 e. The minimum atomic E-state index is -0.290. The molecule has 1 aromatic heterocycles. The molecule has 1 atom stereocenters. The van der Waals surface area contributed by atoms with Crippen molar-refractivity contribution in [1.29, 1.82) is 0 Å². The van der Waals surface area contributed by atoms with Crippen LogP contribution in [0.1, 0.15) is 45.2 Å². The minimum Gasteiger partial charge on any atom is -0.379 e. The third-order valence-electron chi connectivity index (χ3n) is 3.17. The van der Waals surface area contributed by atoms with Gasteiger partial charge in [-0.1, -0.05) is 6.92 Å². The van der Waals surface area contributed by atoms with Crippen molar-refractivity contribution < 1.29 is 9.13 Å². The molecule has 102 valence electrons. The minimum absolute atomic E-state index is 0.118. The number of hydrogen-bond donors (Lipinski definition) is 1. The van der Waals surface area contributed by atoms with Crippen LogP contribution in [-0.2, 0) is 4.74 Å². The van der Waals surface area contributed by atoms with Crippen LogP contribution in [0.3, 0.4) is 0 Å². The van der Waals surface area contributed by atoms with Crippen molar-refractivity contribution in [3.8, 4) is 0 Å². The number of aromatic nitrogens is 1. The molecule has 0 aromatic carbocycles. The normalized spacial score (nSPS) is 13.6. The first-order valence-electron chi connectivity index (χ1n) is 6.37. The number of nitrogens with zero attached hydrogens (tertiary/aromatic N) is 1. The number of rotatable bonds is 7. The second-order valence-electron chi connectivity index (χ2n) is 5.05. The molecule has 0 saturated carbocycles. The zero-order valence-electron chi connectivity index (χ0n) is 11.7. The Morgan fingerprint density at radius 2 is 2.17 bits per heavy atom. The van der Waals surface area contributed by atoms with Crippen LogP contribution >= 0.6 is 0 Å². The Kier molecular flexibility index (Phi) is 5.69. The van der Waals surface area contributed by atoms with E-state index in [1.165, 1.54) is 6.20 Å². The van der Waals surface area contributed by atoms with E-state index in [2.05, 4.69) is 24.1 Å². The largest absolute Gasteiger partial charge is 0.379 e. The molecule has 0 radical (unpaired) electrons. The molecule has 0 amide bonds. The van der Waals surface area contributed by atoms with Crippen LogP contribution < -0.4 is 5.32 Å².